The minimum absolute atomic E-state index is 0.127. The predicted octanol–water partition coefficient (Wildman–Crippen LogP) is 1.61. The summed E-state index contributed by atoms with van der Waals surface area (Å²) in [5, 5.41) is 9.99. The molecule has 21 heavy (non-hydrogen) atoms. The van der Waals surface area contributed by atoms with Crippen LogP contribution in [0.1, 0.15) is 16.8 Å². The van der Waals surface area contributed by atoms with Crippen molar-refractivity contribution in [1.29, 1.82) is 0 Å². The number of aryl methyl sites for hydroxylation is 2. The van der Waals surface area contributed by atoms with Gasteiger partial charge in [0.1, 0.15) is 18.5 Å². The van der Waals surface area contributed by atoms with E-state index in [1.54, 1.807) is 13.8 Å². The molecule has 1 heterocycles. The molecule has 0 saturated heterocycles. The predicted molar refractivity (Wildman–Crippen MR) is 80.7 cm³/mol. The Kier molecular flexibility index (Phi) is 4.75. The zero-order valence-corrected chi connectivity index (χ0v) is 12.5. The van der Waals surface area contributed by atoms with Crippen LogP contribution in [0.2, 0.25) is 0 Å². The molecule has 2 aromatic rings. The van der Waals surface area contributed by atoms with Crippen LogP contribution >= 0.6 is 0 Å². The fourth-order valence-corrected chi connectivity index (χ4v) is 1.91. The highest BCUT2D eigenvalue weighted by molar-refractivity contribution is 5.26. The van der Waals surface area contributed by atoms with Gasteiger partial charge >= 0.3 is 0 Å². The van der Waals surface area contributed by atoms with Crippen molar-refractivity contribution in [3.63, 3.8) is 0 Å². The van der Waals surface area contributed by atoms with Crippen molar-refractivity contribution in [1.82, 2.24) is 9.55 Å². The Morgan fingerprint density at radius 2 is 1.90 bits per heavy atom. The number of benzene rings is 1. The lowest BCUT2D eigenvalue weighted by Crippen LogP contribution is -2.31. The average Bonchev–Trinajstić information content (AvgIpc) is 2.47. The Morgan fingerprint density at radius 3 is 2.57 bits per heavy atom. The van der Waals surface area contributed by atoms with Crippen molar-refractivity contribution in [2.45, 2.75) is 33.4 Å². The lowest BCUT2D eigenvalue weighted by atomic mass is 10.2. The summed E-state index contributed by atoms with van der Waals surface area (Å²) in [7, 11) is 0. The van der Waals surface area contributed by atoms with Gasteiger partial charge in [0.25, 0.3) is 5.56 Å². The molecule has 0 spiro atoms. The Bertz CT molecular complexity index is 662. The van der Waals surface area contributed by atoms with Gasteiger partial charge in [-0.15, -0.1) is 0 Å². The first-order valence-electron chi connectivity index (χ1n) is 6.87. The van der Waals surface area contributed by atoms with E-state index < -0.39 is 6.10 Å². The SMILES string of the molecule is Cc1ccc(OC[C@H](O)Cn2cnc(C)c(C)c2=O)cc1. The summed E-state index contributed by atoms with van der Waals surface area (Å²) in [4.78, 5) is 16.1. The molecular weight excluding hydrogens is 268 g/mol. The maximum Gasteiger partial charge on any atom is 0.256 e. The first-order valence-corrected chi connectivity index (χ1v) is 6.87. The molecule has 0 aliphatic heterocycles. The van der Waals surface area contributed by atoms with Gasteiger partial charge in [0, 0.05) is 11.3 Å². The summed E-state index contributed by atoms with van der Waals surface area (Å²) in [6, 6.07) is 7.59. The summed E-state index contributed by atoms with van der Waals surface area (Å²) >= 11 is 0. The van der Waals surface area contributed by atoms with Crippen LogP contribution in [-0.4, -0.2) is 27.4 Å². The number of hydrogen-bond acceptors (Lipinski definition) is 4. The van der Waals surface area contributed by atoms with Crippen LogP contribution in [0.5, 0.6) is 5.75 Å². The van der Waals surface area contributed by atoms with Crippen molar-refractivity contribution in [3.05, 3.63) is 57.8 Å². The molecule has 0 saturated carbocycles. The molecule has 0 unspecified atom stereocenters. The zero-order chi connectivity index (χ0) is 15.4. The Hall–Kier alpha value is -2.14. The highest BCUT2D eigenvalue weighted by Crippen LogP contribution is 2.11. The van der Waals surface area contributed by atoms with Crippen molar-refractivity contribution >= 4 is 0 Å². The zero-order valence-electron chi connectivity index (χ0n) is 12.5. The van der Waals surface area contributed by atoms with E-state index in [0.717, 1.165) is 5.56 Å². The number of hydrogen-bond donors (Lipinski definition) is 1. The quantitative estimate of drug-likeness (QED) is 0.908. The second-order valence-electron chi connectivity index (χ2n) is 5.19. The van der Waals surface area contributed by atoms with Gasteiger partial charge in [0.2, 0.25) is 0 Å². The fraction of sp³-hybridized carbons (Fsp3) is 0.375. The van der Waals surface area contributed by atoms with E-state index in [4.69, 9.17) is 4.74 Å². The smallest absolute Gasteiger partial charge is 0.256 e. The largest absolute Gasteiger partial charge is 0.491 e. The topological polar surface area (TPSA) is 64.3 Å². The van der Waals surface area contributed by atoms with E-state index >= 15 is 0 Å². The normalized spacial score (nSPS) is 12.2. The molecule has 2 rings (SSSR count). The third-order valence-electron chi connectivity index (χ3n) is 3.39. The molecule has 5 heteroatoms. The third kappa shape index (κ3) is 3.92. The molecule has 0 amide bonds. The Morgan fingerprint density at radius 1 is 1.24 bits per heavy atom. The molecule has 1 aromatic heterocycles. The molecule has 0 aliphatic rings. The first-order chi connectivity index (χ1) is 9.97. The van der Waals surface area contributed by atoms with E-state index in [0.29, 0.717) is 17.0 Å². The van der Waals surface area contributed by atoms with Gasteiger partial charge in [-0.3, -0.25) is 9.36 Å². The van der Waals surface area contributed by atoms with E-state index in [9.17, 15) is 9.90 Å². The molecule has 1 atom stereocenters. The number of aliphatic hydroxyl groups is 1. The van der Waals surface area contributed by atoms with Crippen LogP contribution in [0.25, 0.3) is 0 Å². The second-order valence-corrected chi connectivity index (χ2v) is 5.19. The molecule has 0 radical (unpaired) electrons. The maximum atomic E-state index is 12.0. The maximum absolute atomic E-state index is 12.0. The first kappa shape index (κ1) is 15.3. The molecule has 112 valence electrons. The van der Waals surface area contributed by atoms with Crippen molar-refractivity contribution in [3.8, 4) is 5.75 Å². The molecule has 0 bridgehead atoms. The van der Waals surface area contributed by atoms with Gasteiger partial charge < -0.3 is 9.84 Å². The summed E-state index contributed by atoms with van der Waals surface area (Å²) in [6.45, 7) is 5.81. The van der Waals surface area contributed by atoms with Crippen molar-refractivity contribution in [2.24, 2.45) is 0 Å². The van der Waals surface area contributed by atoms with E-state index in [1.807, 2.05) is 31.2 Å². The Labute approximate surface area is 123 Å². The van der Waals surface area contributed by atoms with E-state index in [-0.39, 0.29) is 18.7 Å². The fourth-order valence-electron chi connectivity index (χ4n) is 1.91. The monoisotopic (exact) mass is 288 g/mol. The number of aromatic nitrogens is 2. The van der Waals surface area contributed by atoms with Crippen LogP contribution in [0, 0.1) is 20.8 Å². The van der Waals surface area contributed by atoms with Crippen LogP contribution in [0.4, 0.5) is 0 Å². The van der Waals surface area contributed by atoms with Crippen molar-refractivity contribution in [2.75, 3.05) is 6.61 Å². The number of nitrogens with zero attached hydrogens (tertiary/aromatic N) is 2. The standard InChI is InChI=1S/C16H20N2O3/c1-11-4-6-15(7-5-11)21-9-14(19)8-18-10-17-13(3)12(2)16(18)20/h4-7,10,14,19H,8-9H2,1-3H3/t14-/m1/s1. The number of ether oxygens (including phenoxy) is 1. The minimum Gasteiger partial charge on any atom is -0.491 e. The lowest BCUT2D eigenvalue weighted by molar-refractivity contribution is 0.0912. The lowest BCUT2D eigenvalue weighted by Gasteiger charge is -2.14. The molecule has 1 aromatic carbocycles. The summed E-state index contributed by atoms with van der Waals surface area (Å²) in [6.07, 6.45) is 0.688. The molecule has 0 aliphatic carbocycles. The summed E-state index contributed by atoms with van der Waals surface area (Å²) in [5.41, 5.74) is 2.33. The van der Waals surface area contributed by atoms with Gasteiger partial charge in [-0.05, 0) is 32.9 Å². The van der Waals surface area contributed by atoms with Gasteiger partial charge in [0.05, 0.1) is 12.9 Å². The van der Waals surface area contributed by atoms with Crippen molar-refractivity contribution < 1.29 is 9.84 Å². The number of rotatable bonds is 5. The molecule has 0 fully saturated rings. The van der Waals surface area contributed by atoms with Gasteiger partial charge in [0.15, 0.2) is 0 Å². The van der Waals surface area contributed by atoms with Crippen LogP contribution < -0.4 is 10.3 Å². The summed E-state index contributed by atoms with van der Waals surface area (Å²) < 4.78 is 6.91. The molecular formula is C16H20N2O3. The highest BCUT2D eigenvalue weighted by atomic mass is 16.5. The summed E-state index contributed by atoms with van der Waals surface area (Å²) in [5.74, 6) is 0.699. The van der Waals surface area contributed by atoms with Crippen LogP contribution in [-0.2, 0) is 6.54 Å². The van der Waals surface area contributed by atoms with Crippen LogP contribution in [0.15, 0.2) is 35.4 Å². The van der Waals surface area contributed by atoms with E-state index in [2.05, 4.69) is 4.98 Å². The Balaban J connectivity index is 1.96. The second kappa shape index (κ2) is 6.54. The number of aliphatic hydroxyl groups excluding tert-OH is 1. The van der Waals surface area contributed by atoms with Crippen LogP contribution in [0.3, 0.4) is 0 Å². The molecule has 1 N–H and O–H groups in total. The van der Waals surface area contributed by atoms with E-state index in [1.165, 1.54) is 10.9 Å². The average molecular weight is 288 g/mol. The highest BCUT2D eigenvalue weighted by Gasteiger charge is 2.10. The van der Waals surface area contributed by atoms with Gasteiger partial charge in [-0.1, -0.05) is 17.7 Å². The van der Waals surface area contributed by atoms with Gasteiger partial charge in [-0.25, -0.2) is 4.98 Å². The minimum atomic E-state index is -0.770. The van der Waals surface area contributed by atoms with Gasteiger partial charge in [-0.2, -0.15) is 0 Å². The molecule has 5 nitrogen and oxygen atoms in total. The third-order valence-corrected chi connectivity index (χ3v) is 3.39.